The molecule has 4 unspecified atom stereocenters. The lowest BCUT2D eigenvalue weighted by molar-refractivity contribution is 0.0939. The zero-order valence-electron chi connectivity index (χ0n) is 17.6. The summed E-state index contributed by atoms with van der Waals surface area (Å²) in [5.74, 6) is 0.805. The van der Waals surface area contributed by atoms with Crippen molar-refractivity contribution in [1.29, 1.82) is 0 Å². The van der Waals surface area contributed by atoms with E-state index in [0.717, 1.165) is 24.1 Å². The third kappa shape index (κ3) is 3.19. The second kappa shape index (κ2) is 7.64. The van der Waals surface area contributed by atoms with E-state index in [9.17, 15) is 4.79 Å². The Kier molecular flexibility index (Phi) is 4.82. The molecule has 3 nitrogen and oxygen atoms in total. The van der Waals surface area contributed by atoms with E-state index < -0.39 is 0 Å². The van der Waals surface area contributed by atoms with Crippen molar-refractivity contribution >= 4 is 22.4 Å². The first-order valence-corrected chi connectivity index (χ1v) is 11.0. The molecule has 3 aromatic rings. The number of fused-ring (bicyclic) bond motifs is 4. The quantitative estimate of drug-likeness (QED) is 0.516. The molecule has 3 heteroatoms. The summed E-state index contributed by atoms with van der Waals surface area (Å²) in [6, 6.07) is 21.8. The molecule has 3 aromatic carbocycles. The zero-order chi connectivity index (χ0) is 20.7. The molecule has 0 saturated heterocycles. The molecule has 1 amide bonds. The zero-order valence-corrected chi connectivity index (χ0v) is 17.6. The minimum absolute atomic E-state index is 0.0156. The van der Waals surface area contributed by atoms with Crippen LogP contribution in [0.1, 0.15) is 60.1 Å². The number of nitrogens with one attached hydrogen (secondary N) is 2. The van der Waals surface area contributed by atoms with Crippen LogP contribution in [0.15, 0.2) is 72.8 Å². The summed E-state index contributed by atoms with van der Waals surface area (Å²) in [4.78, 5) is 12.7. The van der Waals surface area contributed by atoms with E-state index in [2.05, 4.69) is 84.3 Å². The fourth-order valence-electron chi connectivity index (χ4n) is 4.97. The van der Waals surface area contributed by atoms with Gasteiger partial charge < -0.3 is 10.6 Å². The van der Waals surface area contributed by atoms with Gasteiger partial charge >= 0.3 is 0 Å². The molecule has 0 saturated carbocycles. The number of rotatable bonds is 4. The molecular formula is C27H28N2O. The van der Waals surface area contributed by atoms with Crippen LogP contribution in [0.4, 0.5) is 5.69 Å². The van der Waals surface area contributed by atoms with Gasteiger partial charge in [0.25, 0.3) is 5.91 Å². The van der Waals surface area contributed by atoms with Gasteiger partial charge in [0, 0.05) is 23.2 Å². The predicted molar refractivity (Wildman–Crippen MR) is 124 cm³/mol. The van der Waals surface area contributed by atoms with E-state index in [1.807, 2.05) is 13.0 Å². The Hall–Kier alpha value is -3.07. The summed E-state index contributed by atoms with van der Waals surface area (Å²) in [5.41, 5.74) is 4.48. The Morgan fingerprint density at radius 2 is 1.93 bits per heavy atom. The summed E-state index contributed by atoms with van der Waals surface area (Å²) in [5, 5.41) is 9.51. The molecular weight excluding hydrogens is 368 g/mol. The first kappa shape index (κ1) is 18.9. The molecule has 1 aliphatic heterocycles. The van der Waals surface area contributed by atoms with Crippen molar-refractivity contribution in [2.75, 3.05) is 5.32 Å². The Bertz CT molecular complexity index is 1130. The fraction of sp³-hybridized carbons (Fsp3) is 0.296. The smallest absolute Gasteiger partial charge is 0.251 e. The minimum Gasteiger partial charge on any atom is -0.378 e. The van der Waals surface area contributed by atoms with E-state index in [4.69, 9.17) is 0 Å². The van der Waals surface area contributed by atoms with Crippen molar-refractivity contribution in [3.8, 4) is 0 Å². The number of carbonyl (C=O) groups excluding carboxylic acids is 1. The van der Waals surface area contributed by atoms with Crippen molar-refractivity contribution in [2.24, 2.45) is 5.92 Å². The molecule has 30 heavy (non-hydrogen) atoms. The highest BCUT2D eigenvalue weighted by molar-refractivity contribution is 5.95. The van der Waals surface area contributed by atoms with Crippen LogP contribution in [0.5, 0.6) is 0 Å². The summed E-state index contributed by atoms with van der Waals surface area (Å²) >= 11 is 0. The van der Waals surface area contributed by atoms with E-state index >= 15 is 0 Å². The predicted octanol–water partition coefficient (Wildman–Crippen LogP) is 6.19. The maximum atomic E-state index is 12.7. The number of amides is 1. The number of carbonyl (C=O) groups is 1. The van der Waals surface area contributed by atoms with Gasteiger partial charge in [0.1, 0.15) is 0 Å². The molecule has 152 valence electrons. The number of benzene rings is 3. The van der Waals surface area contributed by atoms with Gasteiger partial charge in [-0.3, -0.25) is 4.79 Å². The second-order valence-corrected chi connectivity index (χ2v) is 8.63. The largest absolute Gasteiger partial charge is 0.378 e. The van der Waals surface area contributed by atoms with E-state index in [0.29, 0.717) is 11.8 Å². The fourth-order valence-corrected chi connectivity index (χ4v) is 4.97. The highest BCUT2D eigenvalue weighted by atomic mass is 16.1. The topological polar surface area (TPSA) is 41.1 Å². The molecule has 0 fully saturated rings. The second-order valence-electron chi connectivity index (χ2n) is 8.63. The molecule has 0 bridgehead atoms. The maximum absolute atomic E-state index is 12.7. The normalized spacial score (nSPS) is 22.8. The minimum atomic E-state index is 0.0156. The van der Waals surface area contributed by atoms with Crippen LogP contribution >= 0.6 is 0 Å². The van der Waals surface area contributed by atoms with Crippen molar-refractivity contribution in [1.82, 2.24) is 5.32 Å². The SMILES string of the molecule is CCC(C)NC(=O)c1ccc2c(c1)C1C=CCC1C(c1cccc3ccccc13)N2. The van der Waals surface area contributed by atoms with Crippen LogP contribution in [-0.4, -0.2) is 11.9 Å². The number of hydrogen-bond acceptors (Lipinski definition) is 2. The number of allylic oxidation sites excluding steroid dienone is 2. The van der Waals surface area contributed by atoms with Gasteiger partial charge in [-0.15, -0.1) is 0 Å². The van der Waals surface area contributed by atoms with E-state index in [-0.39, 0.29) is 18.0 Å². The number of hydrogen-bond donors (Lipinski definition) is 2. The molecule has 0 radical (unpaired) electrons. The average Bonchev–Trinajstić information content (AvgIpc) is 3.28. The third-order valence-electron chi connectivity index (χ3n) is 6.77. The summed E-state index contributed by atoms with van der Waals surface area (Å²) in [6.45, 7) is 4.13. The first-order chi connectivity index (χ1) is 14.7. The molecule has 2 aliphatic rings. The summed E-state index contributed by atoms with van der Waals surface area (Å²) < 4.78 is 0. The molecule has 4 atom stereocenters. The van der Waals surface area contributed by atoms with Crippen LogP contribution in [0.2, 0.25) is 0 Å². The van der Waals surface area contributed by atoms with Gasteiger partial charge in [0.2, 0.25) is 0 Å². The standard InChI is InChI=1S/C27H28N2O/c1-3-17(2)28-27(30)19-14-15-25-24(16-19)21-11-7-13-23(21)26(29-25)22-12-6-9-18-8-4-5-10-20(18)22/h4-12,14-17,21,23,26,29H,3,13H2,1-2H3,(H,28,30). The van der Waals surface area contributed by atoms with Crippen LogP contribution in [0.3, 0.4) is 0 Å². The van der Waals surface area contributed by atoms with Crippen LogP contribution in [-0.2, 0) is 0 Å². The van der Waals surface area contributed by atoms with Crippen molar-refractivity contribution in [3.63, 3.8) is 0 Å². The van der Waals surface area contributed by atoms with Gasteiger partial charge in [0.05, 0.1) is 6.04 Å². The molecule has 0 spiro atoms. The Morgan fingerprint density at radius 3 is 2.80 bits per heavy atom. The first-order valence-electron chi connectivity index (χ1n) is 11.0. The molecule has 2 N–H and O–H groups in total. The van der Waals surface area contributed by atoms with Crippen LogP contribution in [0, 0.1) is 5.92 Å². The average molecular weight is 397 g/mol. The monoisotopic (exact) mass is 396 g/mol. The number of anilines is 1. The highest BCUT2D eigenvalue weighted by Gasteiger charge is 2.38. The van der Waals surface area contributed by atoms with Gasteiger partial charge in [-0.2, -0.15) is 0 Å². The van der Waals surface area contributed by atoms with Crippen LogP contribution < -0.4 is 10.6 Å². The lowest BCUT2D eigenvalue weighted by Crippen LogP contribution is -2.33. The Balaban J connectivity index is 1.53. The van der Waals surface area contributed by atoms with Crippen molar-refractivity contribution < 1.29 is 4.79 Å². The molecule has 1 heterocycles. The lowest BCUT2D eigenvalue weighted by Gasteiger charge is -2.38. The van der Waals surface area contributed by atoms with Gasteiger partial charge in [-0.25, -0.2) is 0 Å². The summed E-state index contributed by atoms with van der Waals surface area (Å²) in [7, 11) is 0. The van der Waals surface area contributed by atoms with Gasteiger partial charge in [-0.05, 0) is 65.8 Å². The Morgan fingerprint density at radius 1 is 1.10 bits per heavy atom. The molecule has 0 aromatic heterocycles. The maximum Gasteiger partial charge on any atom is 0.251 e. The lowest BCUT2D eigenvalue weighted by atomic mass is 9.76. The molecule has 1 aliphatic carbocycles. The van der Waals surface area contributed by atoms with Gasteiger partial charge in [0.15, 0.2) is 0 Å². The summed E-state index contributed by atoms with van der Waals surface area (Å²) in [6.07, 6.45) is 6.61. The van der Waals surface area contributed by atoms with Crippen molar-refractivity contribution in [3.05, 3.63) is 89.5 Å². The molecule has 5 rings (SSSR count). The Labute approximate surface area is 178 Å². The van der Waals surface area contributed by atoms with Crippen LogP contribution in [0.25, 0.3) is 10.8 Å². The van der Waals surface area contributed by atoms with Gasteiger partial charge in [-0.1, -0.05) is 61.5 Å². The third-order valence-corrected chi connectivity index (χ3v) is 6.77. The highest BCUT2D eigenvalue weighted by Crippen LogP contribution is 2.50. The van der Waals surface area contributed by atoms with E-state index in [1.165, 1.54) is 21.9 Å². The van der Waals surface area contributed by atoms with Crippen molar-refractivity contribution in [2.45, 2.75) is 44.7 Å². The van der Waals surface area contributed by atoms with E-state index in [1.54, 1.807) is 0 Å².